The Bertz CT molecular complexity index is 192. The molecule has 0 saturated carbocycles. The van der Waals surface area contributed by atoms with Crippen molar-refractivity contribution in [3.63, 3.8) is 0 Å². The molecule has 0 radical (unpaired) electrons. The molecule has 0 aliphatic carbocycles. The molecule has 1 heterocycles. The molecule has 0 aromatic rings. The fourth-order valence-electron chi connectivity index (χ4n) is 1.66. The minimum absolute atomic E-state index is 0.197. The summed E-state index contributed by atoms with van der Waals surface area (Å²) in [4.78, 5) is 10.8. The first-order valence-corrected chi connectivity index (χ1v) is 5.27. The van der Waals surface area contributed by atoms with Crippen LogP contribution in [0.3, 0.4) is 0 Å². The molecule has 1 rings (SSSR count). The highest BCUT2D eigenvalue weighted by Gasteiger charge is 2.20. The number of hydrogen-bond donors (Lipinski definition) is 2. The van der Waals surface area contributed by atoms with Gasteiger partial charge in [0.15, 0.2) is 0 Å². The van der Waals surface area contributed by atoms with Gasteiger partial charge in [0.05, 0.1) is 13.2 Å². The fraction of sp³-hybridized carbons (Fsp3) is 0.900. The number of nitrogens with one attached hydrogen (secondary N) is 1. The molecule has 0 bridgehead atoms. The second-order valence-electron chi connectivity index (χ2n) is 3.84. The van der Waals surface area contributed by atoms with E-state index in [-0.39, 0.29) is 6.61 Å². The molecule has 0 aromatic carbocycles. The van der Waals surface area contributed by atoms with E-state index in [1.54, 1.807) is 0 Å². The number of rotatable bonds is 6. The van der Waals surface area contributed by atoms with Crippen LogP contribution in [0.4, 0.5) is 0 Å². The highest BCUT2D eigenvalue weighted by Crippen LogP contribution is 2.12. The third kappa shape index (κ3) is 4.59. The predicted molar refractivity (Wildman–Crippen MR) is 54.8 cm³/mol. The van der Waals surface area contributed by atoms with Crippen LogP contribution in [0.5, 0.6) is 0 Å². The largest absolute Gasteiger partial charge is 0.480 e. The van der Waals surface area contributed by atoms with Crippen LogP contribution in [0.1, 0.15) is 12.8 Å². The number of ether oxygens (including phenoxy) is 2. The molecule has 15 heavy (non-hydrogen) atoms. The maximum absolute atomic E-state index is 10.8. The van der Waals surface area contributed by atoms with Gasteiger partial charge in [-0.1, -0.05) is 0 Å². The minimum atomic E-state index is -0.867. The molecule has 2 N–H and O–H groups in total. The number of hydrogen-bond acceptors (Lipinski definition) is 4. The first-order chi connectivity index (χ1) is 7.24. The Morgan fingerprint density at radius 3 is 3.07 bits per heavy atom. The van der Waals surface area contributed by atoms with Gasteiger partial charge < -0.3 is 19.9 Å². The zero-order valence-electron chi connectivity index (χ0n) is 9.07. The first kappa shape index (κ1) is 12.4. The molecule has 2 unspecified atom stereocenters. The lowest BCUT2D eigenvalue weighted by molar-refractivity contribution is -0.141. The van der Waals surface area contributed by atoms with Crippen molar-refractivity contribution in [2.24, 2.45) is 5.92 Å². The molecule has 5 nitrogen and oxygen atoms in total. The standard InChI is InChI=1S/C10H19NO4/c1-14-7-9(10(12)13)11-5-8-3-2-4-15-6-8/h8-9,11H,2-7H2,1H3,(H,12,13). The van der Waals surface area contributed by atoms with Gasteiger partial charge in [0.1, 0.15) is 6.04 Å². The lowest BCUT2D eigenvalue weighted by Crippen LogP contribution is -2.43. The van der Waals surface area contributed by atoms with E-state index in [1.807, 2.05) is 0 Å². The number of carboxylic acid groups (broad SMARTS) is 1. The molecule has 1 aliphatic rings. The van der Waals surface area contributed by atoms with E-state index in [0.29, 0.717) is 12.5 Å². The van der Waals surface area contributed by atoms with E-state index >= 15 is 0 Å². The van der Waals surface area contributed by atoms with Crippen molar-refractivity contribution in [2.45, 2.75) is 18.9 Å². The molecule has 2 atom stereocenters. The second-order valence-corrected chi connectivity index (χ2v) is 3.84. The minimum Gasteiger partial charge on any atom is -0.480 e. The summed E-state index contributed by atoms with van der Waals surface area (Å²) in [6.07, 6.45) is 2.17. The van der Waals surface area contributed by atoms with Crippen molar-refractivity contribution in [2.75, 3.05) is 33.5 Å². The molecule has 5 heteroatoms. The molecule has 88 valence electrons. The fourth-order valence-corrected chi connectivity index (χ4v) is 1.66. The number of carbonyl (C=O) groups is 1. The summed E-state index contributed by atoms with van der Waals surface area (Å²) in [6, 6.07) is -0.614. The van der Waals surface area contributed by atoms with Crippen LogP contribution < -0.4 is 5.32 Å². The van der Waals surface area contributed by atoms with E-state index < -0.39 is 12.0 Å². The predicted octanol–water partition coefficient (Wildman–Crippen LogP) is 0.102. The summed E-state index contributed by atoms with van der Waals surface area (Å²) >= 11 is 0. The number of aliphatic carboxylic acids is 1. The molecule has 1 fully saturated rings. The van der Waals surface area contributed by atoms with Gasteiger partial charge in [-0.2, -0.15) is 0 Å². The molecular weight excluding hydrogens is 198 g/mol. The Hall–Kier alpha value is -0.650. The van der Waals surface area contributed by atoms with Crippen molar-refractivity contribution in [3.8, 4) is 0 Å². The number of carboxylic acids is 1. The van der Waals surface area contributed by atoms with Crippen LogP contribution >= 0.6 is 0 Å². The highest BCUT2D eigenvalue weighted by molar-refractivity contribution is 5.73. The van der Waals surface area contributed by atoms with Crippen LogP contribution in [0, 0.1) is 5.92 Å². The summed E-state index contributed by atoms with van der Waals surface area (Å²) in [5, 5.41) is 11.8. The van der Waals surface area contributed by atoms with Crippen molar-refractivity contribution in [1.29, 1.82) is 0 Å². The van der Waals surface area contributed by atoms with Crippen molar-refractivity contribution >= 4 is 5.97 Å². The van der Waals surface area contributed by atoms with Crippen LogP contribution in [-0.2, 0) is 14.3 Å². The quantitative estimate of drug-likeness (QED) is 0.660. The summed E-state index contributed by atoms with van der Waals surface area (Å²) in [5.41, 5.74) is 0. The normalized spacial score (nSPS) is 23.7. The van der Waals surface area contributed by atoms with E-state index in [9.17, 15) is 4.79 Å². The summed E-state index contributed by atoms with van der Waals surface area (Å²) in [6.45, 7) is 2.44. The monoisotopic (exact) mass is 217 g/mol. The molecule has 0 amide bonds. The molecule has 0 spiro atoms. The zero-order chi connectivity index (χ0) is 11.1. The molecule has 0 aromatic heterocycles. The third-order valence-corrected chi connectivity index (χ3v) is 2.54. The van der Waals surface area contributed by atoms with E-state index in [0.717, 1.165) is 26.1 Å². The van der Waals surface area contributed by atoms with Crippen LogP contribution in [0.25, 0.3) is 0 Å². The highest BCUT2D eigenvalue weighted by atomic mass is 16.5. The number of methoxy groups -OCH3 is 1. The van der Waals surface area contributed by atoms with Gasteiger partial charge in [-0.05, 0) is 18.8 Å². The van der Waals surface area contributed by atoms with Gasteiger partial charge in [0, 0.05) is 20.3 Å². The maximum Gasteiger partial charge on any atom is 0.323 e. The average Bonchev–Trinajstić information content (AvgIpc) is 2.25. The second kappa shape index (κ2) is 6.76. The van der Waals surface area contributed by atoms with Crippen LogP contribution in [-0.4, -0.2) is 50.6 Å². The maximum atomic E-state index is 10.8. The van der Waals surface area contributed by atoms with Gasteiger partial charge in [-0.15, -0.1) is 0 Å². The smallest absolute Gasteiger partial charge is 0.323 e. The molecule has 1 saturated heterocycles. The summed E-state index contributed by atoms with van der Waals surface area (Å²) in [7, 11) is 1.50. The molecule has 1 aliphatic heterocycles. The van der Waals surface area contributed by atoms with E-state index in [2.05, 4.69) is 5.32 Å². The van der Waals surface area contributed by atoms with Gasteiger partial charge >= 0.3 is 5.97 Å². The van der Waals surface area contributed by atoms with Crippen molar-refractivity contribution in [1.82, 2.24) is 5.32 Å². The van der Waals surface area contributed by atoms with Crippen LogP contribution in [0.2, 0.25) is 0 Å². The Morgan fingerprint density at radius 2 is 2.53 bits per heavy atom. The first-order valence-electron chi connectivity index (χ1n) is 5.27. The summed E-state index contributed by atoms with van der Waals surface area (Å²) < 4.78 is 10.1. The third-order valence-electron chi connectivity index (χ3n) is 2.54. The topological polar surface area (TPSA) is 67.8 Å². The Kier molecular flexibility index (Phi) is 5.60. The zero-order valence-corrected chi connectivity index (χ0v) is 9.07. The van der Waals surface area contributed by atoms with Gasteiger partial charge in [0.2, 0.25) is 0 Å². The lowest BCUT2D eigenvalue weighted by Gasteiger charge is -2.24. The van der Waals surface area contributed by atoms with Gasteiger partial charge in [0.25, 0.3) is 0 Å². The Balaban J connectivity index is 2.22. The Morgan fingerprint density at radius 1 is 1.73 bits per heavy atom. The van der Waals surface area contributed by atoms with Crippen LogP contribution in [0.15, 0.2) is 0 Å². The lowest BCUT2D eigenvalue weighted by atomic mass is 10.0. The van der Waals surface area contributed by atoms with E-state index in [4.69, 9.17) is 14.6 Å². The van der Waals surface area contributed by atoms with Crippen molar-refractivity contribution < 1.29 is 19.4 Å². The van der Waals surface area contributed by atoms with Gasteiger partial charge in [-0.25, -0.2) is 0 Å². The van der Waals surface area contributed by atoms with Gasteiger partial charge in [-0.3, -0.25) is 4.79 Å². The average molecular weight is 217 g/mol. The van der Waals surface area contributed by atoms with Crippen molar-refractivity contribution in [3.05, 3.63) is 0 Å². The van der Waals surface area contributed by atoms with E-state index in [1.165, 1.54) is 7.11 Å². The summed E-state index contributed by atoms with van der Waals surface area (Å²) in [5.74, 6) is -0.439. The Labute approximate surface area is 89.8 Å². The SMILES string of the molecule is COCC(NCC1CCCOC1)C(=O)O. The molecular formula is C10H19NO4.